The van der Waals surface area contributed by atoms with Crippen molar-refractivity contribution in [1.82, 2.24) is 20.9 Å². The summed E-state index contributed by atoms with van der Waals surface area (Å²) in [6.45, 7) is 0. The first kappa shape index (κ1) is 32.1. The van der Waals surface area contributed by atoms with Gasteiger partial charge in [0.1, 0.15) is 18.1 Å². The Morgan fingerprint density at radius 2 is 1.55 bits per heavy atom. The topological polar surface area (TPSA) is 247 Å². The molecule has 10 N–H and O–H groups in total. The molecule has 0 aliphatic heterocycles. The maximum absolute atomic E-state index is 13.3. The fourth-order valence-electron chi connectivity index (χ4n) is 3.86. The van der Waals surface area contributed by atoms with E-state index in [2.05, 4.69) is 20.9 Å². The smallest absolute Gasteiger partial charge is 0.326 e. The highest BCUT2D eigenvalue weighted by Gasteiger charge is 2.32. The lowest BCUT2D eigenvalue weighted by Crippen LogP contribution is -2.58. The van der Waals surface area contributed by atoms with Crippen molar-refractivity contribution in [3.8, 4) is 0 Å². The van der Waals surface area contributed by atoms with Crippen LogP contribution in [0.1, 0.15) is 31.2 Å². The number of aromatic amines is 1. The van der Waals surface area contributed by atoms with Gasteiger partial charge in [0, 0.05) is 29.9 Å². The van der Waals surface area contributed by atoms with Crippen LogP contribution in [0.2, 0.25) is 0 Å². The number of nitrogens with two attached hydrogens (primary N) is 2. The number of fused-ring (bicyclic) bond motifs is 1. The van der Waals surface area contributed by atoms with E-state index in [4.69, 9.17) is 11.5 Å². The summed E-state index contributed by atoms with van der Waals surface area (Å²) in [5, 5.41) is 26.7. The maximum Gasteiger partial charge on any atom is 0.326 e. The van der Waals surface area contributed by atoms with E-state index in [-0.39, 0.29) is 19.3 Å². The number of benzene rings is 1. The van der Waals surface area contributed by atoms with Gasteiger partial charge in [-0.15, -0.1) is 0 Å². The fraction of sp³-hybridized carbons (Fsp3) is 0.440. The highest BCUT2D eigenvalue weighted by molar-refractivity contribution is 7.98. The summed E-state index contributed by atoms with van der Waals surface area (Å²) in [5.74, 6) is -5.59. The van der Waals surface area contributed by atoms with Gasteiger partial charge in [-0.3, -0.25) is 24.0 Å². The van der Waals surface area contributed by atoms with E-state index in [9.17, 15) is 39.0 Å². The van der Waals surface area contributed by atoms with Crippen molar-refractivity contribution in [3.63, 3.8) is 0 Å². The highest BCUT2D eigenvalue weighted by atomic mass is 32.2. The quantitative estimate of drug-likeness (QED) is 0.114. The first-order chi connectivity index (χ1) is 18.9. The summed E-state index contributed by atoms with van der Waals surface area (Å²) < 4.78 is 0. The maximum atomic E-state index is 13.3. The fourth-order valence-corrected chi connectivity index (χ4v) is 4.35. The van der Waals surface area contributed by atoms with Crippen molar-refractivity contribution in [2.24, 2.45) is 11.5 Å². The molecule has 0 bridgehead atoms. The molecule has 1 heterocycles. The number of aliphatic carboxylic acids is 2. The number of primary amides is 1. The number of carboxylic acids is 2. The summed E-state index contributed by atoms with van der Waals surface area (Å²) in [7, 11) is 0. The number of para-hydroxylation sites is 1. The molecule has 40 heavy (non-hydrogen) atoms. The van der Waals surface area contributed by atoms with Crippen LogP contribution in [0.25, 0.3) is 10.9 Å². The van der Waals surface area contributed by atoms with Gasteiger partial charge in [-0.25, -0.2) is 4.79 Å². The lowest BCUT2D eigenvalue weighted by molar-refractivity contribution is -0.143. The molecule has 14 nitrogen and oxygen atoms in total. The van der Waals surface area contributed by atoms with Crippen molar-refractivity contribution in [1.29, 1.82) is 0 Å². The Morgan fingerprint density at radius 1 is 0.925 bits per heavy atom. The predicted molar refractivity (Wildman–Crippen MR) is 147 cm³/mol. The molecule has 0 saturated carbocycles. The molecule has 4 unspecified atom stereocenters. The Morgan fingerprint density at radius 3 is 2.17 bits per heavy atom. The number of H-pyrrole nitrogens is 1. The zero-order chi connectivity index (χ0) is 29.8. The van der Waals surface area contributed by atoms with Crippen LogP contribution in [0.15, 0.2) is 30.5 Å². The molecule has 2 rings (SSSR count). The van der Waals surface area contributed by atoms with Crippen LogP contribution in [0.3, 0.4) is 0 Å². The third kappa shape index (κ3) is 9.89. The van der Waals surface area contributed by atoms with E-state index in [1.165, 1.54) is 11.8 Å². The molecule has 0 aliphatic carbocycles. The second-order valence-electron chi connectivity index (χ2n) is 9.08. The van der Waals surface area contributed by atoms with Gasteiger partial charge in [-0.1, -0.05) is 18.2 Å². The number of nitrogens with one attached hydrogen (secondary N) is 4. The number of hydrogen-bond donors (Lipinski definition) is 8. The normalized spacial score (nSPS) is 13.9. The van der Waals surface area contributed by atoms with Crippen molar-refractivity contribution < 1.29 is 39.0 Å². The van der Waals surface area contributed by atoms with Crippen LogP contribution in [0.4, 0.5) is 0 Å². The molecule has 0 fully saturated rings. The van der Waals surface area contributed by atoms with E-state index in [1.807, 2.05) is 6.26 Å². The molecule has 0 spiro atoms. The monoisotopic (exact) mass is 578 g/mol. The molecule has 1 aromatic heterocycles. The Hall–Kier alpha value is -4.11. The van der Waals surface area contributed by atoms with Gasteiger partial charge in [0.15, 0.2) is 0 Å². The lowest BCUT2D eigenvalue weighted by Gasteiger charge is -2.24. The molecule has 0 saturated heterocycles. The van der Waals surface area contributed by atoms with E-state index in [1.54, 1.807) is 30.5 Å². The number of rotatable bonds is 17. The van der Waals surface area contributed by atoms with E-state index >= 15 is 0 Å². The molecule has 0 aliphatic rings. The predicted octanol–water partition coefficient (Wildman–Crippen LogP) is -0.930. The Kier molecular flexibility index (Phi) is 12.4. The van der Waals surface area contributed by atoms with Gasteiger partial charge in [-0.2, -0.15) is 11.8 Å². The van der Waals surface area contributed by atoms with Crippen molar-refractivity contribution in [2.45, 2.75) is 56.3 Å². The number of carbonyl (C=O) groups excluding carboxylic acids is 4. The summed E-state index contributed by atoms with van der Waals surface area (Å²) in [6.07, 6.45) is 2.26. The molecular formula is C25H34N6O8S. The van der Waals surface area contributed by atoms with Gasteiger partial charge in [-0.05, 0) is 36.5 Å². The van der Waals surface area contributed by atoms with Gasteiger partial charge < -0.3 is 42.6 Å². The number of amides is 4. The van der Waals surface area contributed by atoms with Gasteiger partial charge in [0.2, 0.25) is 23.6 Å². The van der Waals surface area contributed by atoms with Crippen LogP contribution >= 0.6 is 11.8 Å². The molecular weight excluding hydrogens is 544 g/mol. The summed E-state index contributed by atoms with van der Waals surface area (Å²) >= 11 is 1.46. The Bertz CT molecular complexity index is 1230. The Labute approximate surface area is 234 Å². The first-order valence-corrected chi connectivity index (χ1v) is 13.8. The van der Waals surface area contributed by atoms with Crippen LogP contribution in [-0.2, 0) is 35.2 Å². The second kappa shape index (κ2) is 15.5. The average molecular weight is 579 g/mol. The van der Waals surface area contributed by atoms with Crippen LogP contribution in [0.5, 0.6) is 0 Å². The standard InChI is InChI=1S/C25H34N6O8S/c1-40-9-8-15(26)22(35)30-19(11-21(33)34)24(37)31-18(10-13-12-28-16-5-3-2-4-14(13)16)23(36)29-17(25(38)39)6-7-20(27)32/h2-5,12,15,17-19,28H,6-11,26H2,1H3,(H2,27,32)(H,29,36)(H,30,35)(H,31,37)(H,33,34)(H,38,39). The number of thioether (sulfide) groups is 1. The average Bonchev–Trinajstić information content (AvgIpc) is 3.30. The molecule has 1 aromatic carbocycles. The van der Waals surface area contributed by atoms with Crippen molar-refractivity contribution in [3.05, 3.63) is 36.0 Å². The van der Waals surface area contributed by atoms with Crippen LogP contribution < -0.4 is 27.4 Å². The van der Waals surface area contributed by atoms with Crippen molar-refractivity contribution >= 4 is 58.2 Å². The SMILES string of the molecule is CSCCC(N)C(=O)NC(CC(=O)O)C(=O)NC(Cc1c[nH]c2ccccc12)C(=O)NC(CCC(N)=O)C(=O)O. The van der Waals surface area contributed by atoms with Crippen LogP contribution in [0, 0.1) is 0 Å². The minimum atomic E-state index is -1.56. The molecule has 218 valence electrons. The van der Waals surface area contributed by atoms with E-state index in [0.717, 1.165) is 10.9 Å². The number of carbonyl (C=O) groups is 6. The molecule has 4 amide bonds. The molecule has 2 aromatic rings. The Balaban J connectivity index is 2.31. The van der Waals surface area contributed by atoms with Gasteiger partial charge in [0.25, 0.3) is 0 Å². The third-order valence-electron chi connectivity index (χ3n) is 6.01. The lowest BCUT2D eigenvalue weighted by atomic mass is 10.0. The van der Waals surface area contributed by atoms with Crippen LogP contribution in [-0.4, -0.2) is 86.9 Å². The highest BCUT2D eigenvalue weighted by Crippen LogP contribution is 2.19. The zero-order valence-electron chi connectivity index (χ0n) is 21.8. The summed E-state index contributed by atoms with van der Waals surface area (Å²) in [4.78, 5) is 76.3. The second-order valence-corrected chi connectivity index (χ2v) is 10.1. The molecule has 15 heteroatoms. The third-order valence-corrected chi connectivity index (χ3v) is 6.65. The zero-order valence-corrected chi connectivity index (χ0v) is 22.7. The largest absolute Gasteiger partial charge is 0.481 e. The minimum absolute atomic E-state index is 0.106. The van der Waals surface area contributed by atoms with Gasteiger partial charge in [0.05, 0.1) is 12.5 Å². The van der Waals surface area contributed by atoms with E-state index in [0.29, 0.717) is 17.7 Å². The van der Waals surface area contributed by atoms with Gasteiger partial charge >= 0.3 is 11.9 Å². The number of hydrogen-bond acceptors (Lipinski definition) is 8. The molecule has 4 atom stereocenters. The van der Waals surface area contributed by atoms with Crippen molar-refractivity contribution in [2.75, 3.05) is 12.0 Å². The summed E-state index contributed by atoms with van der Waals surface area (Å²) in [6, 6.07) is 1.76. The number of carboxylic acid groups (broad SMARTS) is 2. The first-order valence-electron chi connectivity index (χ1n) is 12.4. The number of aromatic nitrogens is 1. The summed E-state index contributed by atoms with van der Waals surface area (Å²) in [5.41, 5.74) is 12.3. The molecule has 0 radical (unpaired) electrons. The van der Waals surface area contributed by atoms with E-state index < -0.39 is 66.2 Å². The minimum Gasteiger partial charge on any atom is -0.481 e.